The molecule has 144 valence electrons. The molecule has 1 atom stereocenters. The number of anilines is 1. The van der Waals surface area contributed by atoms with E-state index in [1.54, 1.807) is 6.20 Å². The van der Waals surface area contributed by atoms with Crippen molar-refractivity contribution < 1.29 is 14.3 Å². The molecule has 1 saturated heterocycles. The Kier molecular flexibility index (Phi) is 5.48. The summed E-state index contributed by atoms with van der Waals surface area (Å²) in [5, 5.41) is 2.86. The summed E-state index contributed by atoms with van der Waals surface area (Å²) in [5.41, 5.74) is 0.523. The number of carbonyl (C=O) groups excluding carboxylic acids is 2. The maximum Gasteiger partial charge on any atom is 0.410 e. The molecule has 7 heteroatoms. The highest BCUT2D eigenvalue weighted by Crippen LogP contribution is 2.22. The summed E-state index contributed by atoms with van der Waals surface area (Å²) in [6.45, 7) is 6.58. The molecular weight excluding hydrogens is 344 g/mol. The molecule has 1 fully saturated rings. The Morgan fingerprint density at radius 2 is 2.00 bits per heavy atom. The Bertz CT molecular complexity index is 795. The van der Waals surface area contributed by atoms with Crippen LogP contribution in [0.3, 0.4) is 0 Å². The average Bonchev–Trinajstić information content (AvgIpc) is 3.24. The number of carbonyl (C=O) groups is 2. The summed E-state index contributed by atoms with van der Waals surface area (Å²) in [6, 6.07) is 9.41. The minimum absolute atomic E-state index is 0.237. The van der Waals surface area contributed by atoms with Crippen LogP contribution in [0.15, 0.2) is 42.7 Å². The molecule has 0 unspecified atom stereocenters. The first-order chi connectivity index (χ1) is 12.8. The molecule has 1 aromatic heterocycles. The van der Waals surface area contributed by atoms with Gasteiger partial charge in [-0.15, -0.1) is 0 Å². The zero-order chi connectivity index (χ0) is 19.4. The lowest BCUT2D eigenvalue weighted by Crippen LogP contribution is -2.45. The second-order valence-corrected chi connectivity index (χ2v) is 7.69. The first-order valence-corrected chi connectivity index (χ1v) is 9.19. The fourth-order valence-corrected chi connectivity index (χ4v) is 3.11. The molecule has 2 amide bonds. The van der Waals surface area contributed by atoms with E-state index in [0.717, 1.165) is 12.0 Å². The first-order valence-electron chi connectivity index (χ1n) is 9.19. The maximum atomic E-state index is 12.8. The van der Waals surface area contributed by atoms with Crippen LogP contribution in [0.1, 0.15) is 39.2 Å². The van der Waals surface area contributed by atoms with Gasteiger partial charge in [0.15, 0.2) is 0 Å². The monoisotopic (exact) mass is 370 g/mol. The van der Waals surface area contributed by atoms with Crippen molar-refractivity contribution in [1.82, 2.24) is 14.5 Å². The molecule has 1 aliphatic heterocycles. The largest absolute Gasteiger partial charge is 0.444 e. The van der Waals surface area contributed by atoms with E-state index in [-0.39, 0.29) is 5.91 Å². The van der Waals surface area contributed by atoms with E-state index in [2.05, 4.69) is 10.3 Å². The smallest absolute Gasteiger partial charge is 0.410 e. The summed E-state index contributed by atoms with van der Waals surface area (Å²) in [7, 11) is 0. The van der Waals surface area contributed by atoms with Crippen molar-refractivity contribution in [1.29, 1.82) is 0 Å². The van der Waals surface area contributed by atoms with Crippen LogP contribution in [-0.2, 0) is 16.1 Å². The third kappa shape index (κ3) is 4.87. The Balaban J connectivity index is 1.67. The molecule has 0 bridgehead atoms. The van der Waals surface area contributed by atoms with Gasteiger partial charge in [0.05, 0.1) is 6.54 Å². The zero-order valence-corrected chi connectivity index (χ0v) is 16.0. The molecule has 0 radical (unpaired) electrons. The fraction of sp³-hybridized carbons (Fsp3) is 0.450. The number of likely N-dealkylation sites (tertiary alicyclic amines) is 1. The van der Waals surface area contributed by atoms with Crippen LogP contribution >= 0.6 is 0 Å². The van der Waals surface area contributed by atoms with Crippen molar-refractivity contribution >= 4 is 17.9 Å². The summed E-state index contributed by atoms with van der Waals surface area (Å²) < 4.78 is 7.30. The van der Waals surface area contributed by atoms with E-state index in [1.165, 1.54) is 4.90 Å². The quantitative estimate of drug-likeness (QED) is 0.896. The van der Waals surface area contributed by atoms with E-state index in [9.17, 15) is 9.59 Å². The highest BCUT2D eigenvalue weighted by Gasteiger charge is 2.37. The Hall–Kier alpha value is -2.83. The predicted octanol–water partition coefficient (Wildman–Crippen LogP) is 3.27. The number of nitrogens with one attached hydrogen (secondary N) is 1. The molecule has 7 nitrogen and oxygen atoms in total. The molecule has 2 aromatic rings. The number of imidazole rings is 1. The first kappa shape index (κ1) is 18.9. The molecule has 0 aliphatic carbocycles. The molecule has 27 heavy (non-hydrogen) atoms. The summed E-state index contributed by atoms with van der Waals surface area (Å²) >= 11 is 0. The van der Waals surface area contributed by atoms with Crippen LogP contribution in [0, 0.1) is 0 Å². The number of hydrogen-bond donors (Lipinski definition) is 1. The minimum atomic E-state index is -0.591. The van der Waals surface area contributed by atoms with Gasteiger partial charge >= 0.3 is 6.09 Å². The van der Waals surface area contributed by atoms with Crippen molar-refractivity contribution in [2.24, 2.45) is 0 Å². The minimum Gasteiger partial charge on any atom is -0.444 e. The van der Waals surface area contributed by atoms with Gasteiger partial charge in [-0.1, -0.05) is 30.3 Å². The van der Waals surface area contributed by atoms with Gasteiger partial charge in [0.1, 0.15) is 11.6 Å². The van der Waals surface area contributed by atoms with Crippen molar-refractivity contribution in [2.75, 3.05) is 11.9 Å². The SMILES string of the molecule is CC(C)(C)OC(=O)N1CCC[C@H]1C(=O)Nc1nccn1Cc1ccccc1. The number of nitrogens with zero attached hydrogens (tertiary/aromatic N) is 3. The predicted molar refractivity (Wildman–Crippen MR) is 102 cm³/mol. The van der Waals surface area contributed by atoms with Gasteiger partial charge in [0.25, 0.3) is 0 Å². The van der Waals surface area contributed by atoms with Crippen LogP contribution in [0.4, 0.5) is 10.7 Å². The van der Waals surface area contributed by atoms with Crippen LogP contribution in [0.2, 0.25) is 0 Å². The second kappa shape index (κ2) is 7.82. The summed E-state index contributed by atoms with van der Waals surface area (Å²) in [5.74, 6) is 0.235. The number of ether oxygens (including phenoxy) is 1. The summed E-state index contributed by atoms with van der Waals surface area (Å²) in [4.78, 5) is 30.9. The number of rotatable bonds is 4. The summed E-state index contributed by atoms with van der Waals surface area (Å²) in [6.07, 6.45) is 4.41. The second-order valence-electron chi connectivity index (χ2n) is 7.69. The molecule has 2 heterocycles. The maximum absolute atomic E-state index is 12.8. The lowest BCUT2D eigenvalue weighted by atomic mass is 10.2. The number of amides is 2. The molecule has 1 N–H and O–H groups in total. The Morgan fingerprint density at radius 3 is 2.70 bits per heavy atom. The van der Waals surface area contributed by atoms with Crippen molar-refractivity contribution in [3.8, 4) is 0 Å². The van der Waals surface area contributed by atoms with Gasteiger partial charge in [0.2, 0.25) is 11.9 Å². The fourth-order valence-electron chi connectivity index (χ4n) is 3.11. The molecular formula is C20H26N4O3. The number of benzene rings is 1. The topological polar surface area (TPSA) is 76.5 Å². The van der Waals surface area contributed by atoms with E-state index in [4.69, 9.17) is 4.74 Å². The highest BCUT2D eigenvalue weighted by molar-refractivity contribution is 5.95. The zero-order valence-electron chi connectivity index (χ0n) is 16.0. The van der Waals surface area contributed by atoms with Crippen molar-refractivity contribution in [2.45, 2.75) is 51.8 Å². The van der Waals surface area contributed by atoms with E-state index < -0.39 is 17.7 Å². The molecule has 0 saturated carbocycles. The van der Waals surface area contributed by atoms with Crippen LogP contribution in [-0.4, -0.2) is 44.6 Å². The standard InChI is InChI=1S/C20H26N4O3/c1-20(2,3)27-19(26)24-12-7-10-16(24)17(25)22-18-21-11-13-23(18)14-15-8-5-4-6-9-15/h4-6,8-9,11,13,16H,7,10,12,14H2,1-3H3,(H,21,22,25)/t16-/m0/s1. The van der Waals surface area contributed by atoms with Gasteiger partial charge in [-0.3, -0.25) is 15.0 Å². The molecule has 1 aromatic carbocycles. The van der Waals surface area contributed by atoms with Gasteiger partial charge < -0.3 is 9.30 Å². The lowest BCUT2D eigenvalue weighted by Gasteiger charge is -2.28. The average molecular weight is 370 g/mol. The van der Waals surface area contributed by atoms with Crippen molar-refractivity contribution in [3.05, 3.63) is 48.3 Å². The van der Waals surface area contributed by atoms with Crippen LogP contribution in [0.25, 0.3) is 0 Å². The molecule has 3 rings (SSSR count). The van der Waals surface area contributed by atoms with Gasteiger partial charge in [-0.2, -0.15) is 0 Å². The van der Waals surface area contributed by atoms with E-state index >= 15 is 0 Å². The van der Waals surface area contributed by atoms with E-state index in [0.29, 0.717) is 25.5 Å². The Labute approximate surface area is 159 Å². The molecule has 1 aliphatic rings. The third-order valence-corrected chi connectivity index (χ3v) is 4.33. The number of aromatic nitrogens is 2. The number of hydrogen-bond acceptors (Lipinski definition) is 4. The Morgan fingerprint density at radius 1 is 1.26 bits per heavy atom. The van der Waals surface area contributed by atoms with Crippen molar-refractivity contribution in [3.63, 3.8) is 0 Å². The van der Waals surface area contributed by atoms with Gasteiger partial charge in [0, 0.05) is 18.9 Å². The third-order valence-electron chi connectivity index (χ3n) is 4.33. The lowest BCUT2D eigenvalue weighted by molar-refractivity contribution is -0.120. The van der Waals surface area contributed by atoms with Crippen LogP contribution < -0.4 is 5.32 Å². The van der Waals surface area contributed by atoms with E-state index in [1.807, 2.05) is 61.9 Å². The van der Waals surface area contributed by atoms with Gasteiger partial charge in [-0.05, 0) is 39.2 Å². The normalized spacial score (nSPS) is 17.0. The highest BCUT2D eigenvalue weighted by atomic mass is 16.6. The molecule has 0 spiro atoms. The van der Waals surface area contributed by atoms with Crippen LogP contribution in [0.5, 0.6) is 0 Å². The van der Waals surface area contributed by atoms with Gasteiger partial charge in [-0.25, -0.2) is 9.78 Å².